The number of halogens is 3. The van der Waals surface area contributed by atoms with Gasteiger partial charge in [0.05, 0.1) is 5.56 Å². The van der Waals surface area contributed by atoms with Crippen molar-refractivity contribution in [1.82, 2.24) is 0 Å². The first-order chi connectivity index (χ1) is 9.80. The van der Waals surface area contributed by atoms with Gasteiger partial charge in [0, 0.05) is 12.3 Å². The van der Waals surface area contributed by atoms with E-state index in [4.69, 9.17) is 4.52 Å². The van der Waals surface area contributed by atoms with Gasteiger partial charge in [0.25, 0.3) is 0 Å². The molecule has 0 aliphatic rings. The highest BCUT2D eigenvalue weighted by Gasteiger charge is 2.31. The van der Waals surface area contributed by atoms with Crippen LogP contribution in [0.15, 0.2) is 24.3 Å². The summed E-state index contributed by atoms with van der Waals surface area (Å²) in [6.45, 7) is 3.96. The van der Waals surface area contributed by atoms with E-state index in [-0.39, 0.29) is 5.75 Å². The molecule has 21 heavy (non-hydrogen) atoms. The maximum atomic E-state index is 12.8. The molecule has 1 aromatic carbocycles. The smallest absolute Gasteiger partial charge is 0.416 e. The number of hydrogen-bond acceptors (Lipinski definition) is 2. The van der Waals surface area contributed by atoms with Gasteiger partial charge < -0.3 is 4.52 Å². The Morgan fingerprint density at radius 1 is 1.10 bits per heavy atom. The molecule has 0 radical (unpaired) electrons. The Balaban J connectivity index is 2.90. The van der Waals surface area contributed by atoms with E-state index in [0.29, 0.717) is 12.3 Å². The average Bonchev–Trinajstić information content (AvgIpc) is 2.42. The summed E-state index contributed by atoms with van der Waals surface area (Å²) < 4.78 is 56.3. The molecule has 0 bridgehead atoms. The van der Waals surface area contributed by atoms with Crippen LogP contribution in [0.1, 0.15) is 45.1 Å². The van der Waals surface area contributed by atoms with E-state index >= 15 is 0 Å². The molecule has 2 nitrogen and oxygen atoms in total. The van der Waals surface area contributed by atoms with Crippen molar-refractivity contribution < 1.29 is 22.3 Å². The molecule has 0 amide bonds. The fraction of sp³-hybridized carbons (Fsp3) is 0.600. The monoisotopic (exact) mass is 322 g/mol. The summed E-state index contributed by atoms with van der Waals surface area (Å²) in [6, 6.07) is 4.61. The Hall–Kier alpha value is -0.960. The van der Waals surface area contributed by atoms with Gasteiger partial charge in [-0.3, -0.25) is 4.57 Å². The van der Waals surface area contributed by atoms with Gasteiger partial charge in [-0.25, -0.2) is 0 Å². The predicted octanol–water partition coefficient (Wildman–Crippen LogP) is 5.96. The fourth-order valence-electron chi connectivity index (χ4n) is 1.92. The lowest BCUT2D eigenvalue weighted by atomic mass is 10.2. The lowest BCUT2D eigenvalue weighted by Gasteiger charge is -2.20. The van der Waals surface area contributed by atoms with Gasteiger partial charge in [-0.2, -0.15) is 13.2 Å². The maximum Gasteiger partial charge on any atom is 0.416 e. The zero-order chi connectivity index (χ0) is 15.9. The quantitative estimate of drug-likeness (QED) is 0.552. The molecule has 1 aromatic rings. The van der Waals surface area contributed by atoms with Crippen molar-refractivity contribution in [3.8, 4) is 5.75 Å². The van der Waals surface area contributed by atoms with E-state index in [1.165, 1.54) is 12.1 Å². The van der Waals surface area contributed by atoms with Gasteiger partial charge in [-0.1, -0.05) is 32.8 Å². The molecule has 0 saturated carbocycles. The van der Waals surface area contributed by atoms with Gasteiger partial charge in [0.2, 0.25) is 7.37 Å². The summed E-state index contributed by atoms with van der Waals surface area (Å²) in [7, 11) is -2.91. The molecule has 120 valence electrons. The number of alkyl halides is 3. The van der Waals surface area contributed by atoms with E-state index < -0.39 is 19.1 Å². The normalized spacial score (nSPS) is 12.4. The Kier molecular flexibility index (Phi) is 6.79. The Bertz CT molecular complexity index is 474. The van der Waals surface area contributed by atoms with Crippen molar-refractivity contribution >= 4 is 7.37 Å². The Morgan fingerprint density at radius 3 is 2.14 bits per heavy atom. The number of benzene rings is 1. The second-order valence-electron chi connectivity index (χ2n) is 5.09. The molecule has 0 atom stereocenters. The minimum atomic E-state index is -4.42. The Labute approximate surface area is 124 Å². The van der Waals surface area contributed by atoms with Crippen molar-refractivity contribution in [2.75, 3.05) is 12.3 Å². The molecule has 0 unspecified atom stereocenters. The van der Waals surface area contributed by atoms with Gasteiger partial charge in [0.1, 0.15) is 5.75 Å². The van der Waals surface area contributed by atoms with Crippen LogP contribution in [0.2, 0.25) is 0 Å². The molecular weight excluding hydrogens is 300 g/mol. The van der Waals surface area contributed by atoms with E-state index in [1.807, 2.05) is 13.8 Å². The first-order valence-electron chi connectivity index (χ1n) is 7.25. The van der Waals surface area contributed by atoms with Crippen LogP contribution in [0.25, 0.3) is 0 Å². The van der Waals surface area contributed by atoms with Crippen LogP contribution in [0.5, 0.6) is 5.75 Å². The molecule has 0 aliphatic carbocycles. The minimum absolute atomic E-state index is 0.0420. The summed E-state index contributed by atoms with van der Waals surface area (Å²) in [4.78, 5) is 0. The maximum absolute atomic E-state index is 12.8. The topological polar surface area (TPSA) is 26.3 Å². The summed E-state index contributed by atoms with van der Waals surface area (Å²) >= 11 is 0. The minimum Gasteiger partial charge on any atom is -0.443 e. The van der Waals surface area contributed by atoms with Crippen LogP contribution in [0.4, 0.5) is 13.2 Å². The summed E-state index contributed by atoms with van der Waals surface area (Å²) in [5.41, 5.74) is -0.780. The van der Waals surface area contributed by atoms with Gasteiger partial charge in [-0.05, 0) is 31.0 Å². The highest BCUT2D eigenvalue weighted by molar-refractivity contribution is 7.59. The Morgan fingerprint density at radius 2 is 1.67 bits per heavy atom. The zero-order valence-electron chi connectivity index (χ0n) is 12.4. The van der Waals surface area contributed by atoms with E-state index in [2.05, 4.69) is 0 Å². The lowest BCUT2D eigenvalue weighted by Crippen LogP contribution is -2.06. The zero-order valence-corrected chi connectivity index (χ0v) is 13.3. The van der Waals surface area contributed by atoms with Gasteiger partial charge >= 0.3 is 6.18 Å². The average molecular weight is 322 g/mol. The lowest BCUT2D eigenvalue weighted by molar-refractivity contribution is -0.137. The molecule has 0 heterocycles. The molecular formula is C15H22F3O2P. The van der Waals surface area contributed by atoms with Crippen LogP contribution in [0.3, 0.4) is 0 Å². The van der Waals surface area contributed by atoms with E-state index in [0.717, 1.165) is 37.8 Å². The molecule has 6 heteroatoms. The van der Waals surface area contributed by atoms with Crippen LogP contribution in [-0.4, -0.2) is 12.3 Å². The molecule has 0 fully saturated rings. The number of rotatable bonds is 8. The predicted molar refractivity (Wildman–Crippen MR) is 79.2 cm³/mol. The molecule has 0 spiro atoms. The third kappa shape index (κ3) is 6.13. The van der Waals surface area contributed by atoms with Crippen LogP contribution >= 0.6 is 7.37 Å². The molecule has 0 saturated heterocycles. The van der Waals surface area contributed by atoms with Gasteiger partial charge in [-0.15, -0.1) is 0 Å². The number of unbranched alkanes of at least 4 members (excludes halogenated alkanes) is 2. The van der Waals surface area contributed by atoms with Crippen molar-refractivity contribution in [2.24, 2.45) is 0 Å². The standard InChI is InChI=1S/C15H22F3O2P/c1-3-5-10-21(19,11-6-4-2)20-14-9-7-8-13(12-14)15(16,17)18/h7-9,12H,3-6,10-11H2,1-2H3. The summed E-state index contributed by atoms with van der Waals surface area (Å²) in [6.07, 6.45) is -0.334. The van der Waals surface area contributed by atoms with E-state index in [1.54, 1.807) is 0 Å². The summed E-state index contributed by atoms with van der Waals surface area (Å²) in [5, 5.41) is 0. The SMILES string of the molecule is CCCCP(=O)(CCCC)Oc1cccc(C(F)(F)F)c1. The van der Waals surface area contributed by atoms with Crippen LogP contribution in [-0.2, 0) is 10.7 Å². The largest absolute Gasteiger partial charge is 0.443 e. The molecule has 0 aromatic heterocycles. The van der Waals surface area contributed by atoms with Crippen molar-refractivity contribution in [3.05, 3.63) is 29.8 Å². The van der Waals surface area contributed by atoms with Crippen molar-refractivity contribution in [3.63, 3.8) is 0 Å². The van der Waals surface area contributed by atoms with Crippen molar-refractivity contribution in [2.45, 2.75) is 45.7 Å². The molecule has 1 rings (SSSR count). The van der Waals surface area contributed by atoms with E-state index in [9.17, 15) is 17.7 Å². The second kappa shape index (κ2) is 7.88. The first-order valence-corrected chi connectivity index (χ1v) is 9.25. The third-order valence-electron chi connectivity index (χ3n) is 3.14. The molecule has 0 N–H and O–H groups in total. The first kappa shape index (κ1) is 18.1. The third-order valence-corrected chi connectivity index (χ3v) is 5.68. The fourth-order valence-corrected chi connectivity index (χ4v) is 4.42. The van der Waals surface area contributed by atoms with Gasteiger partial charge in [0.15, 0.2) is 0 Å². The highest BCUT2D eigenvalue weighted by Crippen LogP contribution is 2.49. The number of hydrogen-bond donors (Lipinski definition) is 0. The second-order valence-corrected chi connectivity index (χ2v) is 7.79. The van der Waals surface area contributed by atoms with Crippen LogP contribution in [0, 0.1) is 0 Å². The highest BCUT2D eigenvalue weighted by atomic mass is 31.2. The van der Waals surface area contributed by atoms with Crippen molar-refractivity contribution in [1.29, 1.82) is 0 Å². The van der Waals surface area contributed by atoms with Crippen LogP contribution < -0.4 is 4.52 Å². The molecule has 0 aliphatic heterocycles. The summed E-state index contributed by atoms with van der Waals surface area (Å²) in [5.74, 6) is 0.0420.